The molecule has 17 heavy (non-hydrogen) atoms. The summed E-state index contributed by atoms with van der Waals surface area (Å²) < 4.78 is 5.61. The highest BCUT2D eigenvalue weighted by atomic mass is 16.5. The number of carboxylic acid groups (broad SMARTS) is 1. The smallest absolute Gasteiger partial charge is 0.304 e. The summed E-state index contributed by atoms with van der Waals surface area (Å²) in [7, 11) is 0. The highest BCUT2D eigenvalue weighted by Gasteiger charge is 2.22. The molecule has 0 aliphatic heterocycles. The number of aliphatic carboxylic acids is 1. The SMILES string of the molecule is CCc1ccc(OCC(C)(C)CC(=O)O)cc1. The van der Waals surface area contributed by atoms with Crippen LogP contribution in [0.3, 0.4) is 0 Å². The quantitative estimate of drug-likeness (QED) is 0.825. The molecule has 1 N–H and O–H groups in total. The van der Waals surface area contributed by atoms with Crippen LogP contribution in [0, 0.1) is 5.41 Å². The van der Waals surface area contributed by atoms with Crippen molar-refractivity contribution >= 4 is 5.97 Å². The van der Waals surface area contributed by atoms with E-state index >= 15 is 0 Å². The van der Waals surface area contributed by atoms with Crippen molar-refractivity contribution < 1.29 is 14.6 Å². The summed E-state index contributed by atoms with van der Waals surface area (Å²) in [5, 5.41) is 8.76. The number of benzene rings is 1. The van der Waals surface area contributed by atoms with Crippen LogP contribution >= 0.6 is 0 Å². The molecule has 3 nitrogen and oxygen atoms in total. The molecule has 0 radical (unpaired) electrons. The van der Waals surface area contributed by atoms with Crippen LogP contribution in [0.15, 0.2) is 24.3 Å². The van der Waals surface area contributed by atoms with Crippen LogP contribution < -0.4 is 4.74 Å². The van der Waals surface area contributed by atoms with E-state index in [2.05, 4.69) is 6.92 Å². The summed E-state index contributed by atoms with van der Waals surface area (Å²) in [6.07, 6.45) is 1.12. The fraction of sp³-hybridized carbons (Fsp3) is 0.500. The van der Waals surface area contributed by atoms with Crippen molar-refractivity contribution in [2.45, 2.75) is 33.6 Å². The Morgan fingerprint density at radius 2 is 1.88 bits per heavy atom. The zero-order chi connectivity index (χ0) is 12.9. The number of rotatable bonds is 6. The third kappa shape index (κ3) is 4.89. The Labute approximate surface area is 102 Å². The largest absolute Gasteiger partial charge is 0.493 e. The molecule has 0 aliphatic rings. The number of hydrogen-bond acceptors (Lipinski definition) is 2. The van der Waals surface area contributed by atoms with Crippen molar-refractivity contribution in [1.29, 1.82) is 0 Å². The van der Waals surface area contributed by atoms with E-state index in [9.17, 15) is 4.79 Å². The molecule has 0 fully saturated rings. The minimum absolute atomic E-state index is 0.111. The topological polar surface area (TPSA) is 46.5 Å². The van der Waals surface area contributed by atoms with Gasteiger partial charge in [-0.3, -0.25) is 4.79 Å². The van der Waals surface area contributed by atoms with Gasteiger partial charge in [0.05, 0.1) is 13.0 Å². The summed E-state index contributed by atoms with van der Waals surface area (Å²) in [4.78, 5) is 10.7. The van der Waals surface area contributed by atoms with Gasteiger partial charge in [-0.1, -0.05) is 32.9 Å². The lowest BCUT2D eigenvalue weighted by Crippen LogP contribution is -2.24. The number of aryl methyl sites for hydroxylation is 1. The fourth-order valence-electron chi connectivity index (χ4n) is 1.56. The van der Waals surface area contributed by atoms with Crippen LogP contribution in [0.5, 0.6) is 5.75 Å². The molecule has 0 spiro atoms. The Kier molecular flexibility index (Phi) is 4.55. The Morgan fingerprint density at radius 1 is 1.29 bits per heavy atom. The summed E-state index contributed by atoms with van der Waals surface area (Å²) in [6.45, 7) is 6.29. The number of carboxylic acids is 1. The fourth-order valence-corrected chi connectivity index (χ4v) is 1.56. The predicted molar refractivity (Wildman–Crippen MR) is 67.3 cm³/mol. The molecule has 1 aromatic carbocycles. The second-order valence-electron chi connectivity index (χ2n) is 5.02. The van der Waals surface area contributed by atoms with E-state index < -0.39 is 5.97 Å². The second kappa shape index (κ2) is 5.71. The van der Waals surface area contributed by atoms with Crippen LogP contribution in [-0.2, 0) is 11.2 Å². The Bertz CT molecular complexity index is 366. The number of carbonyl (C=O) groups is 1. The standard InChI is InChI=1S/C14H20O3/c1-4-11-5-7-12(8-6-11)17-10-14(2,3)9-13(15)16/h5-8H,4,9-10H2,1-3H3,(H,15,16). The first kappa shape index (κ1) is 13.6. The monoisotopic (exact) mass is 236 g/mol. The second-order valence-corrected chi connectivity index (χ2v) is 5.02. The van der Waals surface area contributed by atoms with Crippen molar-refractivity contribution in [3.63, 3.8) is 0 Å². The molecule has 3 heteroatoms. The number of hydrogen-bond donors (Lipinski definition) is 1. The molecule has 0 saturated carbocycles. The van der Waals surface area contributed by atoms with Gasteiger partial charge in [-0.05, 0) is 24.1 Å². The zero-order valence-corrected chi connectivity index (χ0v) is 10.7. The predicted octanol–water partition coefficient (Wildman–Crippen LogP) is 3.13. The molecule has 0 atom stereocenters. The third-order valence-corrected chi connectivity index (χ3v) is 2.59. The lowest BCUT2D eigenvalue weighted by molar-refractivity contribution is -0.139. The average Bonchev–Trinajstić information content (AvgIpc) is 2.25. The van der Waals surface area contributed by atoms with E-state index in [0.717, 1.165) is 12.2 Å². The highest BCUT2D eigenvalue weighted by Crippen LogP contribution is 2.22. The maximum atomic E-state index is 10.7. The van der Waals surface area contributed by atoms with Crippen LogP contribution in [0.2, 0.25) is 0 Å². The van der Waals surface area contributed by atoms with Gasteiger partial charge in [-0.15, -0.1) is 0 Å². The van der Waals surface area contributed by atoms with Crippen LogP contribution in [0.4, 0.5) is 0 Å². The Hall–Kier alpha value is -1.51. The lowest BCUT2D eigenvalue weighted by Gasteiger charge is -2.22. The molecule has 0 saturated heterocycles. The maximum absolute atomic E-state index is 10.7. The van der Waals surface area contributed by atoms with Gasteiger partial charge in [-0.25, -0.2) is 0 Å². The first-order chi connectivity index (χ1) is 7.93. The molecule has 0 unspecified atom stereocenters. The Morgan fingerprint density at radius 3 is 2.35 bits per heavy atom. The van der Waals surface area contributed by atoms with E-state index in [-0.39, 0.29) is 11.8 Å². The highest BCUT2D eigenvalue weighted by molar-refractivity contribution is 5.67. The van der Waals surface area contributed by atoms with Crippen molar-refractivity contribution in [2.24, 2.45) is 5.41 Å². The minimum Gasteiger partial charge on any atom is -0.493 e. The molecule has 1 rings (SSSR count). The van der Waals surface area contributed by atoms with Crippen LogP contribution in [0.25, 0.3) is 0 Å². The van der Waals surface area contributed by atoms with Crippen LogP contribution in [0.1, 0.15) is 32.8 Å². The van der Waals surface area contributed by atoms with Gasteiger partial charge in [-0.2, -0.15) is 0 Å². The normalized spacial score (nSPS) is 11.2. The third-order valence-electron chi connectivity index (χ3n) is 2.59. The molecule has 0 amide bonds. The summed E-state index contributed by atoms with van der Waals surface area (Å²) in [5.41, 5.74) is 0.914. The van der Waals surface area contributed by atoms with Gasteiger partial charge in [0.1, 0.15) is 5.75 Å². The van der Waals surface area contributed by atoms with Crippen molar-refractivity contribution in [2.75, 3.05) is 6.61 Å². The van der Waals surface area contributed by atoms with Crippen molar-refractivity contribution in [1.82, 2.24) is 0 Å². The van der Waals surface area contributed by atoms with Gasteiger partial charge in [0.25, 0.3) is 0 Å². The van der Waals surface area contributed by atoms with Gasteiger partial charge < -0.3 is 9.84 Å². The molecule has 0 heterocycles. The van der Waals surface area contributed by atoms with Gasteiger partial charge >= 0.3 is 5.97 Å². The number of ether oxygens (including phenoxy) is 1. The molecule has 0 bridgehead atoms. The van der Waals surface area contributed by atoms with Crippen molar-refractivity contribution in [3.8, 4) is 5.75 Å². The van der Waals surface area contributed by atoms with E-state index in [1.807, 2.05) is 38.1 Å². The first-order valence-corrected chi connectivity index (χ1v) is 5.86. The summed E-state index contributed by atoms with van der Waals surface area (Å²) in [5.74, 6) is 0.000551. The maximum Gasteiger partial charge on any atom is 0.304 e. The summed E-state index contributed by atoms with van der Waals surface area (Å²) in [6, 6.07) is 7.91. The van der Waals surface area contributed by atoms with Gasteiger partial charge in [0.2, 0.25) is 0 Å². The minimum atomic E-state index is -0.792. The lowest BCUT2D eigenvalue weighted by atomic mass is 9.91. The van der Waals surface area contributed by atoms with Crippen LogP contribution in [-0.4, -0.2) is 17.7 Å². The van der Waals surface area contributed by atoms with Gasteiger partial charge in [0, 0.05) is 5.41 Å². The van der Waals surface area contributed by atoms with E-state index in [4.69, 9.17) is 9.84 Å². The zero-order valence-electron chi connectivity index (χ0n) is 10.7. The van der Waals surface area contributed by atoms with E-state index in [1.165, 1.54) is 5.56 Å². The molecule has 0 aromatic heterocycles. The molecular weight excluding hydrogens is 216 g/mol. The summed E-state index contributed by atoms with van der Waals surface area (Å²) >= 11 is 0. The molecular formula is C14H20O3. The van der Waals surface area contributed by atoms with Crippen molar-refractivity contribution in [3.05, 3.63) is 29.8 Å². The van der Waals surface area contributed by atoms with E-state index in [1.54, 1.807) is 0 Å². The van der Waals surface area contributed by atoms with Gasteiger partial charge in [0.15, 0.2) is 0 Å². The molecule has 94 valence electrons. The first-order valence-electron chi connectivity index (χ1n) is 5.86. The average molecular weight is 236 g/mol. The molecule has 1 aromatic rings. The molecule has 0 aliphatic carbocycles. The van der Waals surface area contributed by atoms with E-state index in [0.29, 0.717) is 6.61 Å². The Balaban J connectivity index is 2.51.